The van der Waals surface area contributed by atoms with Gasteiger partial charge in [-0.25, -0.2) is 4.39 Å². The number of hydrogen-bond donors (Lipinski definition) is 2. The van der Waals surface area contributed by atoms with E-state index in [0.29, 0.717) is 4.48 Å². The Kier molecular flexibility index (Phi) is 4.86. The Bertz CT molecular complexity index is 665. The second-order valence-electron chi connectivity index (χ2n) is 4.47. The van der Waals surface area contributed by atoms with E-state index in [1.54, 1.807) is 7.05 Å². The van der Waals surface area contributed by atoms with Crippen LogP contribution >= 0.6 is 27.5 Å². The van der Waals surface area contributed by atoms with Crippen LogP contribution in [0.15, 0.2) is 10.5 Å². The highest BCUT2D eigenvalue weighted by atomic mass is 79.9. The first-order valence-corrected chi connectivity index (χ1v) is 7.37. The van der Waals surface area contributed by atoms with Gasteiger partial charge in [-0.05, 0) is 28.8 Å². The molecule has 2 rings (SSSR count). The summed E-state index contributed by atoms with van der Waals surface area (Å²) in [6.07, 6.45) is 2.89. The van der Waals surface area contributed by atoms with E-state index in [0.717, 1.165) is 19.1 Å². The lowest BCUT2D eigenvalue weighted by Crippen LogP contribution is -2.12. The van der Waals surface area contributed by atoms with Crippen LogP contribution < -0.4 is 10.1 Å². The van der Waals surface area contributed by atoms with Gasteiger partial charge in [-0.1, -0.05) is 11.6 Å². The van der Waals surface area contributed by atoms with Crippen LogP contribution in [0.5, 0.6) is 5.75 Å². The highest BCUT2D eigenvalue weighted by Crippen LogP contribution is 2.38. The lowest BCUT2D eigenvalue weighted by molar-refractivity contribution is 0.301. The van der Waals surface area contributed by atoms with Crippen molar-refractivity contribution in [2.24, 2.45) is 0 Å². The predicted molar refractivity (Wildman–Crippen MR) is 83.5 cm³/mol. The van der Waals surface area contributed by atoms with Crippen molar-refractivity contribution in [1.82, 2.24) is 5.32 Å². The fourth-order valence-corrected chi connectivity index (χ4v) is 2.43. The Morgan fingerprint density at radius 2 is 2.33 bits per heavy atom. The summed E-state index contributed by atoms with van der Waals surface area (Å²) >= 11 is 9.08. The second-order valence-corrected chi connectivity index (χ2v) is 5.73. The number of ether oxygens (including phenoxy) is 1. The molecule has 7 heteroatoms. The number of allylic oxidation sites excluding steroid dienone is 1. The highest BCUT2D eigenvalue weighted by molar-refractivity contribution is 9.12. The molecule has 21 heavy (non-hydrogen) atoms. The summed E-state index contributed by atoms with van der Waals surface area (Å²) in [4.78, 5) is 0. The molecule has 0 bridgehead atoms. The van der Waals surface area contributed by atoms with Crippen molar-refractivity contribution in [3.8, 4) is 11.8 Å². The fraction of sp³-hybridized carbons (Fsp3) is 0.286. The van der Waals surface area contributed by atoms with E-state index >= 15 is 0 Å². The van der Waals surface area contributed by atoms with E-state index in [-0.39, 0.29) is 33.7 Å². The third kappa shape index (κ3) is 3.20. The largest absolute Gasteiger partial charge is 0.489 e. The van der Waals surface area contributed by atoms with Crippen molar-refractivity contribution in [3.63, 3.8) is 0 Å². The van der Waals surface area contributed by atoms with Gasteiger partial charge in [0.05, 0.1) is 26.9 Å². The molecule has 0 aromatic heterocycles. The SMILES string of the molecule is CN/C(=C(/Br)C=N)c1c(F)c(Cl)cc(OC2CC2)c1C#N. The standard InChI is InChI=1S/C14H12BrClFN3O/c1-20-14(9(15)6-19)12-8(5-18)11(21-7-2-3-7)4-10(16)13(12)17/h4,6-7,19-20H,2-3H2,1H3/b14-9+,19-6?. The molecule has 2 N–H and O–H groups in total. The maximum absolute atomic E-state index is 14.4. The lowest BCUT2D eigenvalue weighted by Gasteiger charge is -2.16. The maximum Gasteiger partial charge on any atom is 0.152 e. The van der Waals surface area contributed by atoms with Crippen LogP contribution in [0.4, 0.5) is 4.39 Å². The van der Waals surface area contributed by atoms with Gasteiger partial charge < -0.3 is 15.5 Å². The van der Waals surface area contributed by atoms with Crippen LogP contribution in [0.1, 0.15) is 24.0 Å². The third-order valence-electron chi connectivity index (χ3n) is 2.98. The number of halogens is 3. The van der Waals surface area contributed by atoms with Crippen LogP contribution in [-0.2, 0) is 0 Å². The molecule has 4 nitrogen and oxygen atoms in total. The second kappa shape index (κ2) is 6.46. The van der Waals surface area contributed by atoms with Gasteiger partial charge >= 0.3 is 0 Å². The zero-order valence-electron chi connectivity index (χ0n) is 11.1. The monoisotopic (exact) mass is 371 g/mol. The predicted octanol–water partition coefficient (Wildman–Crippen LogP) is 3.82. The molecular weight excluding hydrogens is 361 g/mol. The smallest absolute Gasteiger partial charge is 0.152 e. The van der Waals surface area contributed by atoms with E-state index < -0.39 is 5.82 Å². The van der Waals surface area contributed by atoms with E-state index in [9.17, 15) is 9.65 Å². The Hall–Kier alpha value is -1.58. The van der Waals surface area contributed by atoms with Crippen LogP contribution in [0.25, 0.3) is 5.70 Å². The van der Waals surface area contributed by atoms with Crippen LogP contribution in [0.2, 0.25) is 5.02 Å². The van der Waals surface area contributed by atoms with Gasteiger partial charge in [0, 0.05) is 19.3 Å². The van der Waals surface area contributed by atoms with Gasteiger partial charge in [0.15, 0.2) is 5.82 Å². The van der Waals surface area contributed by atoms with Gasteiger partial charge in [0.25, 0.3) is 0 Å². The highest BCUT2D eigenvalue weighted by Gasteiger charge is 2.28. The first kappa shape index (κ1) is 15.8. The molecule has 0 amide bonds. The average Bonchev–Trinajstić information content (AvgIpc) is 3.28. The van der Waals surface area contributed by atoms with Crippen molar-refractivity contribution in [2.45, 2.75) is 18.9 Å². The molecule has 1 aromatic rings. The number of nitrogens with zero attached hydrogens (tertiary/aromatic N) is 1. The van der Waals surface area contributed by atoms with Crippen LogP contribution in [-0.4, -0.2) is 19.4 Å². The van der Waals surface area contributed by atoms with Gasteiger partial charge in [-0.3, -0.25) is 0 Å². The molecule has 0 saturated heterocycles. The Balaban J connectivity index is 2.70. The summed E-state index contributed by atoms with van der Waals surface area (Å²) in [6, 6.07) is 3.29. The zero-order chi connectivity index (χ0) is 15.6. The van der Waals surface area contributed by atoms with E-state index in [4.69, 9.17) is 21.7 Å². The Morgan fingerprint density at radius 3 is 2.81 bits per heavy atom. The number of nitrogens with one attached hydrogen (secondary N) is 2. The number of hydrogen-bond acceptors (Lipinski definition) is 4. The molecule has 0 spiro atoms. The summed E-state index contributed by atoms with van der Waals surface area (Å²) in [5.74, 6) is -0.459. The third-order valence-corrected chi connectivity index (χ3v) is 3.88. The first-order valence-electron chi connectivity index (χ1n) is 6.20. The molecule has 0 aliphatic heterocycles. The molecule has 0 radical (unpaired) electrons. The summed E-state index contributed by atoms with van der Waals surface area (Å²) in [5.41, 5.74) is 0.327. The molecule has 1 aliphatic rings. The first-order chi connectivity index (χ1) is 10.0. The van der Waals surface area contributed by atoms with Crippen molar-refractivity contribution in [1.29, 1.82) is 10.7 Å². The quantitative estimate of drug-likeness (QED) is 0.772. The van der Waals surface area contributed by atoms with Gasteiger partial charge in [0.1, 0.15) is 17.4 Å². The normalized spacial score (nSPS) is 15.0. The van der Waals surface area contributed by atoms with Gasteiger partial charge in [-0.2, -0.15) is 5.26 Å². The van der Waals surface area contributed by atoms with Gasteiger partial charge in [-0.15, -0.1) is 0 Å². The summed E-state index contributed by atoms with van der Waals surface area (Å²) in [6.45, 7) is 0. The van der Waals surface area contributed by atoms with E-state index in [1.165, 1.54) is 6.07 Å². The Morgan fingerprint density at radius 1 is 1.67 bits per heavy atom. The van der Waals surface area contributed by atoms with E-state index in [1.807, 2.05) is 6.07 Å². The van der Waals surface area contributed by atoms with Crippen molar-refractivity contribution in [2.75, 3.05) is 7.05 Å². The summed E-state index contributed by atoms with van der Waals surface area (Å²) in [5, 5.41) is 19.3. The van der Waals surface area contributed by atoms with Crippen molar-refractivity contribution >= 4 is 39.4 Å². The topological polar surface area (TPSA) is 68.9 Å². The minimum absolute atomic E-state index is 0.00137. The molecular formula is C14H12BrClFN3O. The van der Waals surface area contributed by atoms with E-state index in [2.05, 4.69) is 21.2 Å². The zero-order valence-corrected chi connectivity index (χ0v) is 13.5. The number of benzene rings is 1. The molecule has 0 unspecified atom stereocenters. The van der Waals surface area contributed by atoms with Crippen LogP contribution in [0, 0.1) is 22.6 Å². The van der Waals surface area contributed by atoms with Gasteiger partial charge in [0.2, 0.25) is 0 Å². The minimum atomic E-state index is -0.723. The summed E-state index contributed by atoms with van der Waals surface area (Å²) in [7, 11) is 1.57. The lowest BCUT2D eigenvalue weighted by atomic mass is 10.0. The summed E-state index contributed by atoms with van der Waals surface area (Å²) < 4.78 is 20.3. The number of nitriles is 1. The molecule has 1 aliphatic carbocycles. The Labute approximate surface area is 135 Å². The average molecular weight is 373 g/mol. The molecule has 0 heterocycles. The number of rotatable bonds is 5. The molecule has 110 valence electrons. The van der Waals surface area contributed by atoms with Crippen molar-refractivity contribution < 1.29 is 9.13 Å². The molecule has 1 aromatic carbocycles. The molecule has 1 fully saturated rings. The maximum atomic E-state index is 14.4. The van der Waals surface area contributed by atoms with Crippen molar-refractivity contribution in [3.05, 3.63) is 32.5 Å². The fourth-order valence-electron chi connectivity index (χ4n) is 1.84. The minimum Gasteiger partial charge on any atom is -0.489 e. The molecule has 1 saturated carbocycles. The molecule has 0 atom stereocenters. The van der Waals surface area contributed by atoms with Crippen LogP contribution in [0.3, 0.4) is 0 Å².